The van der Waals surface area contributed by atoms with Crippen LogP contribution in [-0.2, 0) is 0 Å². The second kappa shape index (κ2) is 4.27. The van der Waals surface area contributed by atoms with E-state index in [0.29, 0.717) is 5.96 Å². The minimum Gasteiger partial charge on any atom is -0.370 e. The molecular formula is C13H25N3. The maximum Gasteiger partial charge on any atom is 0.188 e. The maximum absolute atomic E-state index is 5.89. The highest BCUT2D eigenvalue weighted by Gasteiger charge is 2.41. The van der Waals surface area contributed by atoms with E-state index in [1.165, 1.54) is 25.7 Å². The Kier molecular flexibility index (Phi) is 3.13. The standard InChI is InChI=1S/C13H25N3/c1-13(2,3)16-12(14)15-8-11(9-4-5-9)10-6-7-10/h9-11H,4-8H2,1-3H3,(H3,14,15,16). The first kappa shape index (κ1) is 11.7. The molecule has 0 heterocycles. The van der Waals surface area contributed by atoms with E-state index in [1.807, 2.05) is 0 Å². The highest BCUT2D eigenvalue weighted by molar-refractivity contribution is 5.78. The van der Waals surface area contributed by atoms with E-state index in [-0.39, 0.29) is 5.54 Å². The average molecular weight is 223 g/mol. The van der Waals surface area contributed by atoms with Crippen LogP contribution in [0.15, 0.2) is 4.99 Å². The van der Waals surface area contributed by atoms with Crippen molar-refractivity contribution in [2.24, 2.45) is 28.5 Å². The molecular weight excluding hydrogens is 198 g/mol. The van der Waals surface area contributed by atoms with Gasteiger partial charge in [-0.3, -0.25) is 4.99 Å². The minimum absolute atomic E-state index is 0.0161. The number of rotatable bonds is 4. The van der Waals surface area contributed by atoms with Gasteiger partial charge in [-0.1, -0.05) is 0 Å². The van der Waals surface area contributed by atoms with Crippen molar-refractivity contribution in [3.05, 3.63) is 0 Å². The van der Waals surface area contributed by atoms with Crippen LogP contribution in [0.3, 0.4) is 0 Å². The Morgan fingerprint density at radius 3 is 2.12 bits per heavy atom. The molecule has 2 aliphatic rings. The Morgan fingerprint density at radius 1 is 1.25 bits per heavy atom. The zero-order valence-electron chi connectivity index (χ0n) is 10.8. The Hall–Kier alpha value is -0.730. The summed E-state index contributed by atoms with van der Waals surface area (Å²) in [5.41, 5.74) is 5.90. The highest BCUT2D eigenvalue weighted by Crippen LogP contribution is 2.49. The van der Waals surface area contributed by atoms with E-state index in [0.717, 1.165) is 24.3 Å². The number of aliphatic imine (C=N–C) groups is 1. The number of hydrogen-bond donors (Lipinski definition) is 2. The number of nitrogens with one attached hydrogen (secondary N) is 1. The largest absolute Gasteiger partial charge is 0.370 e. The van der Waals surface area contributed by atoms with Crippen molar-refractivity contribution in [1.29, 1.82) is 0 Å². The molecule has 0 aromatic rings. The Bertz CT molecular complexity index is 257. The zero-order chi connectivity index (χ0) is 11.8. The van der Waals surface area contributed by atoms with Gasteiger partial charge in [0.25, 0.3) is 0 Å². The van der Waals surface area contributed by atoms with Crippen LogP contribution in [0.5, 0.6) is 0 Å². The second-order valence-corrected chi connectivity index (χ2v) is 6.44. The molecule has 0 aromatic heterocycles. The van der Waals surface area contributed by atoms with Crippen LogP contribution in [0.1, 0.15) is 46.5 Å². The third-order valence-electron chi connectivity index (χ3n) is 3.43. The summed E-state index contributed by atoms with van der Waals surface area (Å²) >= 11 is 0. The number of hydrogen-bond acceptors (Lipinski definition) is 1. The van der Waals surface area contributed by atoms with Crippen LogP contribution in [0.25, 0.3) is 0 Å². The lowest BCUT2D eigenvalue weighted by Gasteiger charge is -2.21. The fraction of sp³-hybridized carbons (Fsp3) is 0.923. The van der Waals surface area contributed by atoms with Crippen molar-refractivity contribution in [2.75, 3.05) is 6.54 Å². The first-order chi connectivity index (χ1) is 7.46. The van der Waals surface area contributed by atoms with Crippen molar-refractivity contribution in [1.82, 2.24) is 5.32 Å². The van der Waals surface area contributed by atoms with Crippen LogP contribution in [0.2, 0.25) is 0 Å². The summed E-state index contributed by atoms with van der Waals surface area (Å²) in [5, 5.41) is 3.22. The molecule has 3 N–H and O–H groups in total. The molecule has 2 rings (SSSR count). The monoisotopic (exact) mass is 223 g/mol. The van der Waals surface area contributed by atoms with Crippen molar-refractivity contribution in [2.45, 2.75) is 52.0 Å². The van der Waals surface area contributed by atoms with E-state index in [1.54, 1.807) is 0 Å². The fourth-order valence-corrected chi connectivity index (χ4v) is 2.36. The normalized spacial score (nSPS) is 22.6. The highest BCUT2D eigenvalue weighted by atomic mass is 15.1. The molecule has 3 nitrogen and oxygen atoms in total. The smallest absolute Gasteiger partial charge is 0.188 e. The summed E-state index contributed by atoms with van der Waals surface area (Å²) in [6, 6.07) is 0. The summed E-state index contributed by atoms with van der Waals surface area (Å²) in [6.45, 7) is 7.25. The van der Waals surface area contributed by atoms with Crippen molar-refractivity contribution < 1.29 is 0 Å². The minimum atomic E-state index is 0.0161. The molecule has 0 bridgehead atoms. The quantitative estimate of drug-likeness (QED) is 0.566. The summed E-state index contributed by atoms with van der Waals surface area (Å²) in [6.07, 6.45) is 5.68. The van der Waals surface area contributed by atoms with E-state index < -0.39 is 0 Å². The van der Waals surface area contributed by atoms with Gasteiger partial charge in [0.1, 0.15) is 0 Å². The van der Waals surface area contributed by atoms with E-state index in [2.05, 4.69) is 31.1 Å². The van der Waals surface area contributed by atoms with Gasteiger partial charge in [-0.15, -0.1) is 0 Å². The lowest BCUT2D eigenvalue weighted by atomic mass is 9.98. The summed E-state index contributed by atoms with van der Waals surface area (Å²) in [7, 11) is 0. The van der Waals surface area contributed by atoms with Crippen molar-refractivity contribution >= 4 is 5.96 Å². The third kappa shape index (κ3) is 3.69. The van der Waals surface area contributed by atoms with Gasteiger partial charge in [0, 0.05) is 12.1 Å². The molecule has 0 unspecified atom stereocenters. The average Bonchev–Trinajstić information content (AvgIpc) is 2.97. The fourth-order valence-electron chi connectivity index (χ4n) is 2.36. The van der Waals surface area contributed by atoms with E-state index >= 15 is 0 Å². The van der Waals surface area contributed by atoms with Gasteiger partial charge in [-0.25, -0.2) is 0 Å². The molecule has 0 aliphatic heterocycles. The van der Waals surface area contributed by atoms with Gasteiger partial charge < -0.3 is 11.1 Å². The number of guanidine groups is 1. The molecule has 0 saturated heterocycles. The third-order valence-corrected chi connectivity index (χ3v) is 3.43. The van der Waals surface area contributed by atoms with Crippen molar-refractivity contribution in [3.63, 3.8) is 0 Å². The van der Waals surface area contributed by atoms with E-state index in [9.17, 15) is 0 Å². The van der Waals surface area contributed by atoms with Gasteiger partial charge in [0.05, 0.1) is 0 Å². The molecule has 0 radical (unpaired) electrons. The summed E-state index contributed by atoms with van der Waals surface area (Å²) in [5.74, 6) is 3.34. The van der Waals surface area contributed by atoms with Crippen molar-refractivity contribution in [3.8, 4) is 0 Å². The topological polar surface area (TPSA) is 50.4 Å². The van der Waals surface area contributed by atoms with Gasteiger partial charge in [-0.2, -0.15) is 0 Å². The molecule has 0 amide bonds. The molecule has 0 spiro atoms. The van der Waals surface area contributed by atoms with Crippen LogP contribution < -0.4 is 11.1 Å². The van der Waals surface area contributed by atoms with Crippen LogP contribution in [0, 0.1) is 17.8 Å². The zero-order valence-corrected chi connectivity index (χ0v) is 10.8. The molecule has 2 aliphatic carbocycles. The molecule has 0 atom stereocenters. The van der Waals surface area contributed by atoms with E-state index in [4.69, 9.17) is 5.73 Å². The van der Waals surface area contributed by atoms with Crippen LogP contribution in [-0.4, -0.2) is 18.0 Å². The predicted octanol–water partition coefficient (Wildman–Crippen LogP) is 2.13. The number of nitrogens with two attached hydrogens (primary N) is 1. The Labute approximate surface area is 98.9 Å². The molecule has 3 heteroatoms. The second-order valence-electron chi connectivity index (χ2n) is 6.44. The first-order valence-electron chi connectivity index (χ1n) is 6.54. The molecule has 92 valence electrons. The van der Waals surface area contributed by atoms with Gasteiger partial charge in [0.15, 0.2) is 5.96 Å². The lowest BCUT2D eigenvalue weighted by Crippen LogP contribution is -2.45. The van der Waals surface area contributed by atoms with Gasteiger partial charge in [-0.05, 0) is 64.2 Å². The molecule has 16 heavy (non-hydrogen) atoms. The molecule has 0 aromatic carbocycles. The predicted molar refractivity (Wildman–Crippen MR) is 68.3 cm³/mol. The van der Waals surface area contributed by atoms with Crippen LogP contribution in [0.4, 0.5) is 0 Å². The van der Waals surface area contributed by atoms with Crippen LogP contribution >= 0.6 is 0 Å². The molecule has 2 saturated carbocycles. The SMILES string of the molecule is CC(C)(C)NC(N)=NCC(C1CC1)C1CC1. The summed E-state index contributed by atoms with van der Waals surface area (Å²) in [4.78, 5) is 4.52. The molecule has 2 fully saturated rings. The Morgan fingerprint density at radius 2 is 1.75 bits per heavy atom. The lowest BCUT2D eigenvalue weighted by molar-refractivity contribution is 0.416. The van der Waals surface area contributed by atoms with Gasteiger partial charge >= 0.3 is 0 Å². The summed E-state index contributed by atoms with van der Waals surface area (Å²) < 4.78 is 0. The first-order valence-corrected chi connectivity index (χ1v) is 6.54. The maximum atomic E-state index is 5.89. The number of nitrogens with zero attached hydrogens (tertiary/aromatic N) is 1. The Balaban J connectivity index is 1.81. The van der Waals surface area contributed by atoms with Gasteiger partial charge in [0.2, 0.25) is 0 Å².